The molecule has 0 heterocycles. The summed E-state index contributed by atoms with van der Waals surface area (Å²) >= 11 is 0. The second-order valence-electron chi connectivity index (χ2n) is 13.0. The zero-order valence-electron chi connectivity index (χ0n) is 25.4. The van der Waals surface area contributed by atoms with E-state index >= 15 is 0 Å². The van der Waals surface area contributed by atoms with E-state index in [1.807, 2.05) is 13.0 Å². The van der Waals surface area contributed by atoms with Crippen LogP contribution >= 0.6 is 0 Å². The second kappa shape index (κ2) is 13.1. The number of rotatable bonds is 9. The van der Waals surface area contributed by atoms with Gasteiger partial charge in [0.1, 0.15) is 17.6 Å². The maximum Gasteiger partial charge on any atom is 0.319 e. The van der Waals surface area contributed by atoms with Gasteiger partial charge in [-0.3, -0.25) is 9.59 Å². The van der Waals surface area contributed by atoms with Crippen LogP contribution in [-0.2, 0) is 19.1 Å². The maximum absolute atomic E-state index is 13.4. The number of carbonyl (C=O) groups is 2. The molecule has 0 aromatic rings. The van der Waals surface area contributed by atoms with Crippen LogP contribution in [0.25, 0.3) is 0 Å². The smallest absolute Gasteiger partial charge is 0.319 e. The topological polar surface area (TPSA) is 113 Å². The summed E-state index contributed by atoms with van der Waals surface area (Å²) in [6.07, 6.45) is 11.8. The van der Waals surface area contributed by atoms with Crippen molar-refractivity contribution in [2.75, 3.05) is 20.3 Å². The molecule has 8 atom stereocenters. The van der Waals surface area contributed by atoms with Gasteiger partial charge in [0.15, 0.2) is 5.78 Å². The van der Waals surface area contributed by atoms with E-state index in [-0.39, 0.29) is 30.3 Å². The SMILES string of the molecule is C=C1/C(=C\C=C2/CCC[C@]3(C)[C@@H]([C@H](C)/C=C4\CC[C@](CC)(C(=O)OC)C4=O)CC[C@@H]23)C[C@@H](O)[C@H](OCCCO)[C@@H]1O. The summed E-state index contributed by atoms with van der Waals surface area (Å²) < 4.78 is 10.7. The van der Waals surface area contributed by atoms with Gasteiger partial charge in [-0.1, -0.05) is 51.2 Å². The Labute approximate surface area is 245 Å². The number of aliphatic hydroxyl groups is 3. The van der Waals surface area contributed by atoms with Crippen LogP contribution in [-0.4, -0.2) is 65.7 Å². The molecule has 41 heavy (non-hydrogen) atoms. The quantitative estimate of drug-likeness (QED) is 0.155. The van der Waals surface area contributed by atoms with Gasteiger partial charge in [-0.25, -0.2) is 0 Å². The van der Waals surface area contributed by atoms with Crippen LogP contribution < -0.4 is 0 Å². The first-order valence-corrected chi connectivity index (χ1v) is 15.5. The highest BCUT2D eigenvalue weighted by Crippen LogP contribution is 2.60. The van der Waals surface area contributed by atoms with Crippen molar-refractivity contribution in [3.05, 3.63) is 47.1 Å². The number of allylic oxidation sites excluding steroid dienone is 5. The lowest BCUT2D eigenvalue weighted by molar-refractivity contribution is -0.156. The normalized spacial score (nSPS) is 39.5. The zero-order valence-corrected chi connectivity index (χ0v) is 25.4. The number of ketones is 1. The highest BCUT2D eigenvalue weighted by Gasteiger charge is 2.53. The summed E-state index contributed by atoms with van der Waals surface area (Å²) in [7, 11) is 1.36. The Morgan fingerprint density at radius 2 is 1.93 bits per heavy atom. The van der Waals surface area contributed by atoms with Gasteiger partial charge in [-0.2, -0.15) is 0 Å². The van der Waals surface area contributed by atoms with Crippen LogP contribution in [0.3, 0.4) is 0 Å². The molecule has 0 radical (unpaired) electrons. The molecule has 0 aromatic carbocycles. The van der Waals surface area contributed by atoms with E-state index in [1.54, 1.807) is 0 Å². The van der Waals surface area contributed by atoms with E-state index < -0.39 is 29.7 Å². The van der Waals surface area contributed by atoms with Crippen molar-refractivity contribution in [1.82, 2.24) is 0 Å². The predicted molar refractivity (Wildman–Crippen MR) is 158 cm³/mol. The van der Waals surface area contributed by atoms with E-state index in [4.69, 9.17) is 14.6 Å². The third kappa shape index (κ3) is 5.93. The molecular formula is C34H50O7. The number of esters is 1. The van der Waals surface area contributed by atoms with Crippen LogP contribution in [0.2, 0.25) is 0 Å². The molecule has 0 unspecified atom stereocenters. The van der Waals surface area contributed by atoms with Crippen molar-refractivity contribution in [2.45, 2.75) is 103 Å². The van der Waals surface area contributed by atoms with Crippen molar-refractivity contribution in [3.63, 3.8) is 0 Å². The van der Waals surface area contributed by atoms with Crippen molar-refractivity contribution in [1.29, 1.82) is 0 Å². The Kier molecular flexibility index (Phi) is 10.2. The highest BCUT2D eigenvalue weighted by molar-refractivity contribution is 6.14. The van der Waals surface area contributed by atoms with Crippen molar-refractivity contribution in [2.24, 2.45) is 28.6 Å². The summed E-state index contributed by atoms with van der Waals surface area (Å²) in [6.45, 7) is 10.9. The number of fused-ring (bicyclic) bond motifs is 1. The first-order chi connectivity index (χ1) is 19.5. The van der Waals surface area contributed by atoms with Gasteiger partial charge in [0.05, 0.1) is 13.2 Å². The molecule has 4 saturated carbocycles. The van der Waals surface area contributed by atoms with Gasteiger partial charge in [0.2, 0.25) is 0 Å². The zero-order chi connectivity index (χ0) is 29.9. The fraction of sp³-hybridized carbons (Fsp3) is 0.706. The first-order valence-electron chi connectivity index (χ1n) is 15.5. The molecule has 0 aliphatic heterocycles. The molecule has 0 aromatic heterocycles. The van der Waals surface area contributed by atoms with E-state index in [2.05, 4.69) is 32.6 Å². The fourth-order valence-corrected chi connectivity index (χ4v) is 8.43. The minimum atomic E-state index is -1.02. The molecular weight excluding hydrogens is 520 g/mol. The first kappa shape index (κ1) is 31.9. The minimum Gasteiger partial charge on any atom is -0.468 e. The molecule has 4 aliphatic carbocycles. The molecule has 228 valence electrons. The van der Waals surface area contributed by atoms with E-state index in [1.165, 1.54) is 12.7 Å². The second-order valence-corrected chi connectivity index (χ2v) is 13.0. The number of carbonyl (C=O) groups excluding carboxylic acids is 2. The van der Waals surface area contributed by atoms with Gasteiger partial charge in [-0.15, -0.1) is 0 Å². The molecule has 7 nitrogen and oxygen atoms in total. The molecule has 0 bridgehead atoms. The fourth-order valence-electron chi connectivity index (χ4n) is 8.43. The molecule has 4 aliphatic rings. The standard InChI is InChI=1S/C34H50O7/c1-6-34(32(39)40-5)16-14-25(31(34)38)19-21(2)26-12-13-27-23(9-7-15-33(26,27)4)10-11-24-20-28(36)30(29(37)22(24)3)41-18-8-17-35/h10-11,19,21,26-30,35-37H,3,6-9,12-18,20H2,1-2,4-5H3/b23-10+,24-11-,25-19+/t21-,26-,27+,28-,29-,30+,33-,34+/m1/s1. The Bertz CT molecular complexity index is 1100. The molecule has 3 N–H and O–H groups in total. The lowest BCUT2D eigenvalue weighted by atomic mass is 9.61. The molecule has 0 amide bonds. The Morgan fingerprint density at radius 3 is 2.61 bits per heavy atom. The third-order valence-electron chi connectivity index (χ3n) is 10.9. The average molecular weight is 571 g/mol. The summed E-state index contributed by atoms with van der Waals surface area (Å²) in [5, 5.41) is 30.4. The molecule has 0 saturated heterocycles. The lowest BCUT2D eigenvalue weighted by Gasteiger charge is -2.44. The Hall–Kier alpha value is -2.06. The Balaban J connectivity index is 1.48. The molecule has 4 fully saturated rings. The van der Waals surface area contributed by atoms with Crippen LogP contribution in [0.4, 0.5) is 0 Å². The van der Waals surface area contributed by atoms with Gasteiger partial charge in [0, 0.05) is 19.6 Å². The Morgan fingerprint density at radius 1 is 1.17 bits per heavy atom. The summed E-state index contributed by atoms with van der Waals surface area (Å²) in [6, 6.07) is 0. The number of methoxy groups -OCH3 is 1. The summed E-state index contributed by atoms with van der Waals surface area (Å²) in [4.78, 5) is 25.9. The largest absolute Gasteiger partial charge is 0.468 e. The van der Waals surface area contributed by atoms with E-state index in [0.29, 0.717) is 49.5 Å². The average Bonchev–Trinajstić information content (AvgIpc) is 3.48. The lowest BCUT2D eigenvalue weighted by Crippen LogP contribution is -2.45. The summed E-state index contributed by atoms with van der Waals surface area (Å²) in [5.74, 6) is 0.675. The van der Waals surface area contributed by atoms with Gasteiger partial charge in [0.25, 0.3) is 0 Å². The van der Waals surface area contributed by atoms with Crippen LogP contribution in [0.1, 0.15) is 85.0 Å². The van der Waals surface area contributed by atoms with Crippen LogP contribution in [0, 0.1) is 28.6 Å². The minimum absolute atomic E-state index is 0.00281. The predicted octanol–water partition coefficient (Wildman–Crippen LogP) is 5.00. The molecule has 4 rings (SSSR count). The third-order valence-corrected chi connectivity index (χ3v) is 10.9. The van der Waals surface area contributed by atoms with Gasteiger partial charge >= 0.3 is 5.97 Å². The van der Waals surface area contributed by atoms with Gasteiger partial charge < -0.3 is 24.8 Å². The molecule has 7 heteroatoms. The summed E-state index contributed by atoms with van der Waals surface area (Å²) in [5.41, 5.74) is 2.75. The van der Waals surface area contributed by atoms with Crippen LogP contribution in [0.5, 0.6) is 0 Å². The molecule has 0 spiro atoms. The van der Waals surface area contributed by atoms with E-state index in [9.17, 15) is 19.8 Å². The monoisotopic (exact) mass is 570 g/mol. The number of hydrogen-bond acceptors (Lipinski definition) is 7. The van der Waals surface area contributed by atoms with Crippen LogP contribution in [0.15, 0.2) is 47.1 Å². The maximum atomic E-state index is 13.4. The van der Waals surface area contributed by atoms with Gasteiger partial charge in [-0.05, 0) is 97.7 Å². The number of aliphatic hydroxyl groups excluding tert-OH is 3. The highest BCUT2D eigenvalue weighted by atomic mass is 16.5. The van der Waals surface area contributed by atoms with Crippen molar-refractivity contribution < 1.29 is 34.4 Å². The van der Waals surface area contributed by atoms with Crippen molar-refractivity contribution in [3.8, 4) is 0 Å². The van der Waals surface area contributed by atoms with Crippen molar-refractivity contribution >= 4 is 11.8 Å². The number of hydrogen-bond donors (Lipinski definition) is 3. The number of Topliss-reactive ketones (excluding diaryl/α,β-unsaturated/α-hetero) is 1. The number of ether oxygens (including phenoxy) is 2. The van der Waals surface area contributed by atoms with E-state index in [0.717, 1.165) is 43.3 Å².